The van der Waals surface area contributed by atoms with Crippen LogP contribution in [0.1, 0.15) is 251 Å². The number of carboxylic acids is 5. The minimum atomic E-state index is -1.16. The second-order valence-corrected chi connectivity index (χ2v) is 37.5. The molecule has 0 spiro atoms. The number of hydrogen-bond donors (Lipinski definition) is 6. The molecule has 10 bridgehead atoms. The number of hydrogen-bond acceptors (Lipinski definition) is 18. The first-order chi connectivity index (χ1) is 53.1. The summed E-state index contributed by atoms with van der Waals surface area (Å²) in [5, 5.41) is 56.8. The zero-order chi connectivity index (χ0) is 80.1. The van der Waals surface area contributed by atoms with Gasteiger partial charge in [0.15, 0.2) is 6.29 Å². The summed E-state index contributed by atoms with van der Waals surface area (Å²) in [7, 11) is 1.38. The molecule has 10 heterocycles. The Morgan fingerprint density at radius 1 is 0.450 bits per heavy atom. The average molecular weight is 1570 g/mol. The Morgan fingerprint density at radius 3 is 1.32 bits per heavy atom. The van der Waals surface area contributed by atoms with Gasteiger partial charge >= 0.3 is 41.8 Å². The molecule has 23 heteroatoms. The summed E-state index contributed by atoms with van der Waals surface area (Å²) >= 11 is 0. The van der Waals surface area contributed by atoms with Crippen molar-refractivity contribution in [3.63, 3.8) is 0 Å². The number of esters is 2. The first-order valence-electron chi connectivity index (χ1n) is 44.3. The summed E-state index contributed by atoms with van der Waals surface area (Å²) in [6.07, 6.45) is 23.4. The lowest BCUT2D eigenvalue weighted by Crippen LogP contribution is -2.44. The highest BCUT2D eigenvalue weighted by molar-refractivity contribution is 5.83. The van der Waals surface area contributed by atoms with Crippen LogP contribution in [0.25, 0.3) is 0 Å². The molecule has 10 saturated heterocycles. The number of carboxylic acid groups (broad SMARTS) is 5. The molecule has 6 saturated carbocycles. The summed E-state index contributed by atoms with van der Waals surface area (Å²) in [6, 6.07) is 0. The molecule has 6 N–H and O–H groups in total. The fourth-order valence-electron chi connectivity index (χ4n) is 28.3. The third-order valence-corrected chi connectivity index (χ3v) is 32.1. The van der Waals surface area contributed by atoms with Gasteiger partial charge in [0, 0.05) is 60.9 Å². The Kier molecular flexibility index (Phi) is 28.3. The smallest absolute Gasteiger partial charge is 0.309 e. The molecule has 23 nitrogen and oxygen atoms in total. The Morgan fingerprint density at radius 2 is 0.892 bits per heavy atom. The molecule has 10 aliphatic heterocycles. The van der Waals surface area contributed by atoms with Gasteiger partial charge in [-0.15, -0.1) is 0 Å². The minimum absolute atomic E-state index is 0.0172. The number of carbonyl (C=O) groups excluding carboxylic acids is 2. The zero-order valence-electron chi connectivity index (χ0n) is 69.1. The Balaban J connectivity index is 0.000000129. The lowest BCUT2D eigenvalue weighted by molar-refractivity contribution is -0.206. The fraction of sp³-hybridized carbons (Fsp3) is 0.920. The van der Waals surface area contributed by atoms with Crippen molar-refractivity contribution in [1.82, 2.24) is 0 Å². The molecule has 16 rings (SSSR count). The van der Waals surface area contributed by atoms with Gasteiger partial charge in [0.05, 0.1) is 129 Å². The number of methoxy groups -OCH3 is 1. The molecule has 16 aliphatic rings. The molecule has 41 unspecified atom stereocenters. The first-order valence-corrected chi connectivity index (χ1v) is 44.3. The molecule has 0 aromatic rings. The van der Waals surface area contributed by atoms with Crippen LogP contribution in [0.2, 0.25) is 0 Å². The van der Waals surface area contributed by atoms with Gasteiger partial charge in [-0.25, -0.2) is 0 Å². The van der Waals surface area contributed by atoms with E-state index in [9.17, 15) is 54.0 Å². The topological polar surface area (TPSA) is 333 Å². The molecule has 0 radical (unpaired) electrons. The van der Waals surface area contributed by atoms with E-state index in [0.29, 0.717) is 84.2 Å². The molecule has 111 heavy (non-hydrogen) atoms. The Labute approximate surface area is 659 Å². The lowest BCUT2D eigenvalue weighted by Gasteiger charge is -2.38. The van der Waals surface area contributed by atoms with Crippen LogP contribution in [0.3, 0.4) is 0 Å². The largest absolute Gasteiger partial charge is 0.481 e. The monoisotopic (exact) mass is 1560 g/mol. The number of rotatable bonds is 27. The molecular weight excluding hydrogens is 1420 g/mol. The van der Waals surface area contributed by atoms with Crippen molar-refractivity contribution in [3.8, 4) is 0 Å². The summed E-state index contributed by atoms with van der Waals surface area (Å²) in [5.74, 6) is 5.32. The number of fused-ring (bicyclic) bond motifs is 25. The van der Waals surface area contributed by atoms with Crippen LogP contribution < -0.4 is 0 Å². The number of aliphatic carboxylic acids is 5. The molecule has 16 fully saturated rings. The van der Waals surface area contributed by atoms with E-state index in [1.54, 1.807) is 6.92 Å². The zero-order valence-corrected chi connectivity index (χ0v) is 69.1. The van der Waals surface area contributed by atoms with Gasteiger partial charge in [-0.1, -0.05) is 102 Å². The summed E-state index contributed by atoms with van der Waals surface area (Å²) in [6.45, 7) is 27.6. The van der Waals surface area contributed by atoms with E-state index < -0.39 is 59.4 Å². The van der Waals surface area contributed by atoms with Crippen molar-refractivity contribution in [2.45, 2.75) is 348 Å². The predicted molar refractivity (Wildman–Crippen MR) is 408 cm³/mol. The molecule has 0 amide bonds. The second-order valence-electron chi connectivity index (χ2n) is 37.5. The number of ether oxygens (including phenoxy) is 10. The van der Waals surface area contributed by atoms with Gasteiger partial charge in [0.1, 0.15) is 6.10 Å². The van der Waals surface area contributed by atoms with Crippen molar-refractivity contribution in [2.75, 3.05) is 13.7 Å². The normalized spacial score (nSPS) is 46.0. The van der Waals surface area contributed by atoms with E-state index in [-0.39, 0.29) is 140 Å². The predicted octanol–water partition coefficient (Wildman–Crippen LogP) is 14.1. The Bertz CT molecular complexity index is 3160. The third-order valence-electron chi connectivity index (χ3n) is 32.1. The van der Waals surface area contributed by atoms with Gasteiger partial charge in [0.25, 0.3) is 0 Å². The molecular formula is C88H140O23. The van der Waals surface area contributed by atoms with Gasteiger partial charge in [0.2, 0.25) is 0 Å². The SMILES string of the molecule is CCC1CC(CC)C2C3CC(C(C(=O)O)C3C(=O)OC)C12.CCC1CC(CC)C2C3CC(CC3C(C)C(=O)O)C12.CCC1OC(CC)C2C3OC(CC3C(CC(=O)O)OC(C)=O)C12.CCC1OC(CC)C2C3OC(CC3C(CC(=O)O)OC3CCCCO3)C12.CCC1OC(CC)C2C3OC(CC3CC(C)(O)CC(=O)O)C12. The summed E-state index contributed by atoms with van der Waals surface area (Å²) in [4.78, 5) is 80.1. The maximum Gasteiger partial charge on any atom is 0.309 e. The standard InChI is InChI=1S/C20H32O6.C17H26O6.C17H28O5.C17H26O4.C17H28O2/c1-3-12-18-15-9-11(20(26-15)19(18)13(4-2)24-12)14(10-16(21)22)25-17-7-5-6-8-23-17;1-4-10-15-13-6-9(12(7-14(19)20)21-8(3)18)17(23-13)16(15)11(5-2)22-10;1-4-10-14-12-6-9(7-17(3,20)8-13(18)19)16(22-12)15(14)11(5-2)21-10;1-4-8-6-9(5-2)13-11-7-10(12(8)13)14(16(18)19)15(11)17(20)21-3;1-4-10-6-11(5-2)16-14-8-12(15(10)16)7-13(14)9(3)17(18)19/h11-15,17-20H,3-10H2,1-2H3,(H,21,22);9-13,15-17H,4-7H2,1-3H3,(H,19,20);9-12,14-16,20H,4-8H2,1-3H3,(H,18,19);8-15H,4-7H2,1-3H3,(H,18,19);9-16H,4-8H2,1-3H3,(H,18,19). The van der Waals surface area contributed by atoms with Crippen LogP contribution in [0.5, 0.6) is 0 Å². The summed E-state index contributed by atoms with van der Waals surface area (Å²) < 4.78 is 59.7. The minimum Gasteiger partial charge on any atom is -0.481 e. The van der Waals surface area contributed by atoms with Crippen molar-refractivity contribution in [3.05, 3.63) is 0 Å². The Hall–Kier alpha value is -4.07. The van der Waals surface area contributed by atoms with Crippen molar-refractivity contribution >= 4 is 41.8 Å². The molecule has 0 aromatic heterocycles. The van der Waals surface area contributed by atoms with Crippen LogP contribution in [-0.2, 0) is 80.9 Å². The number of carbonyl (C=O) groups is 7. The number of aliphatic hydroxyl groups is 1. The molecule has 41 atom stereocenters. The molecule has 6 aliphatic carbocycles. The van der Waals surface area contributed by atoms with Crippen LogP contribution in [0.15, 0.2) is 0 Å². The first kappa shape index (κ1) is 86.3. The highest BCUT2D eigenvalue weighted by atomic mass is 16.7. The van der Waals surface area contributed by atoms with Gasteiger partial charge < -0.3 is 78.0 Å². The van der Waals surface area contributed by atoms with Crippen LogP contribution in [0.4, 0.5) is 0 Å². The molecule has 0 aromatic carbocycles. The van der Waals surface area contributed by atoms with Gasteiger partial charge in [-0.3, -0.25) is 33.6 Å². The second kappa shape index (κ2) is 36.4. The molecule has 630 valence electrons. The van der Waals surface area contributed by atoms with Crippen molar-refractivity contribution in [2.24, 2.45) is 148 Å². The van der Waals surface area contributed by atoms with E-state index >= 15 is 0 Å². The lowest BCUT2D eigenvalue weighted by atomic mass is 9.65. The van der Waals surface area contributed by atoms with Crippen LogP contribution in [-0.4, -0.2) is 183 Å². The van der Waals surface area contributed by atoms with Crippen LogP contribution >= 0.6 is 0 Å². The highest BCUT2D eigenvalue weighted by Gasteiger charge is 2.70. The van der Waals surface area contributed by atoms with E-state index in [4.69, 9.17) is 57.6 Å². The maximum absolute atomic E-state index is 12.2. The van der Waals surface area contributed by atoms with Gasteiger partial charge in [-0.05, 0) is 205 Å². The van der Waals surface area contributed by atoms with Gasteiger partial charge in [-0.2, -0.15) is 0 Å². The quantitative estimate of drug-likeness (QED) is 0.0416. The highest BCUT2D eigenvalue weighted by Crippen LogP contribution is 2.69. The average Bonchev–Trinajstić information content (AvgIpc) is 1.57. The van der Waals surface area contributed by atoms with Crippen molar-refractivity contribution in [1.29, 1.82) is 0 Å². The maximum atomic E-state index is 12.2. The summed E-state index contributed by atoms with van der Waals surface area (Å²) in [5.41, 5.74) is -1.16. The van der Waals surface area contributed by atoms with Crippen molar-refractivity contribution < 1.29 is 112 Å². The van der Waals surface area contributed by atoms with E-state index in [1.807, 2.05) is 6.92 Å². The van der Waals surface area contributed by atoms with E-state index in [2.05, 4.69) is 69.2 Å². The van der Waals surface area contributed by atoms with E-state index in [1.165, 1.54) is 52.6 Å². The van der Waals surface area contributed by atoms with E-state index in [0.717, 1.165) is 132 Å². The third kappa shape index (κ3) is 16.9. The fourth-order valence-corrected chi connectivity index (χ4v) is 28.3. The van der Waals surface area contributed by atoms with Crippen LogP contribution in [0, 0.1) is 148 Å².